The SMILES string of the molecule is CCc1cc(C(=O)N(C)C)ccc1B1OC(C)(C)C(C)(C)O1. The zero-order valence-electron chi connectivity index (χ0n) is 14.7. The number of rotatable bonds is 3. The van der Waals surface area contributed by atoms with Crippen molar-refractivity contribution in [3.63, 3.8) is 0 Å². The van der Waals surface area contributed by atoms with Crippen molar-refractivity contribution in [3.8, 4) is 0 Å². The molecule has 2 rings (SSSR count). The zero-order valence-corrected chi connectivity index (χ0v) is 14.7. The van der Waals surface area contributed by atoms with Crippen molar-refractivity contribution in [3.05, 3.63) is 29.3 Å². The molecule has 0 bridgehead atoms. The summed E-state index contributed by atoms with van der Waals surface area (Å²) < 4.78 is 12.2. The Morgan fingerprint density at radius 2 is 1.68 bits per heavy atom. The summed E-state index contributed by atoms with van der Waals surface area (Å²) in [5.74, 6) is 0.00942. The van der Waals surface area contributed by atoms with Gasteiger partial charge < -0.3 is 14.2 Å². The lowest BCUT2D eigenvalue weighted by Gasteiger charge is -2.32. The van der Waals surface area contributed by atoms with Gasteiger partial charge in [-0.15, -0.1) is 0 Å². The number of hydrogen-bond acceptors (Lipinski definition) is 3. The molecule has 0 unspecified atom stereocenters. The molecule has 1 aliphatic heterocycles. The molecule has 0 aliphatic carbocycles. The molecule has 0 spiro atoms. The van der Waals surface area contributed by atoms with E-state index in [1.165, 1.54) is 0 Å². The van der Waals surface area contributed by atoms with E-state index in [9.17, 15) is 4.79 Å². The molecular weight excluding hydrogens is 277 g/mol. The van der Waals surface area contributed by atoms with Crippen LogP contribution in [-0.2, 0) is 15.7 Å². The molecule has 1 heterocycles. The quantitative estimate of drug-likeness (QED) is 0.804. The van der Waals surface area contributed by atoms with Crippen LogP contribution in [0.5, 0.6) is 0 Å². The molecule has 120 valence electrons. The minimum absolute atomic E-state index is 0.00942. The first kappa shape index (κ1) is 17.0. The molecule has 4 nitrogen and oxygen atoms in total. The average Bonchev–Trinajstić information content (AvgIpc) is 2.65. The second-order valence-corrected chi connectivity index (χ2v) is 7.05. The predicted octanol–water partition coefficient (Wildman–Crippen LogP) is 2.25. The van der Waals surface area contributed by atoms with E-state index >= 15 is 0 Å². The van der Waals surface area contributed by atoms with Gasteiger partial charge in [0.2, 0.25) is 0 Å². The number of nitrogens with zero attached hydrogens (tertiary/aromatic N) is 1. The van der Waals surface area contributed by atoms with Crippen LogP contribution < -0.4 is 5.46 Å². The Kier molecular flexibility index (Phi) is 4.42. The van der Waals surface area contributed by atoms with Gasteiger partial charge in [0.25, 0.3) is 5.91 Å². The van der Waals surface area contributed by atoms with Gasteiger partial charge in [-0.2, -0.15) is 0 Å². The summed E-state index contributed by atoms with van der Waals surface area (Å²) in [5, 5.41) is 0. The smallest absolute Gasteiger partial charge is 0.399 e. The van der Waals surface area contributed by atoms with Crippen molar-refractivity contribution >= 4 is 18.5 Å². The van der Waals surface area contributed by atoms with Crippen molar-refractivity contribution < 1.29 is 14.1 Å². The second kappa shape index (κ2) is 5.71. The topological polar surface area (TPSA) is 38.8 Å². The molecule has 5 heteroatoms. The third kappa shape index (κ3) is 2.92. The van der Waals surface area contributed by atoms with Gasteiger partial charge >= 0.3 is 7.12 Å². The van der Waals surface area contributed by atoms with Crippen molar-refractivity contribution in [2.24, 2.45) is 0 Å². The van der Waals surface area contributed by atoms with Gasteiger partial charge in [-0.05, 0) is 57.3 Å². The molecule has 1 amide bonds. The van der Waals surface area contributed by atoms with Crippen LogP contribution in [0.3, 0.4) is 0 Å². The molecular formula is C17H26BNO3. The highest BCUT2D eigenvalue weighted by Crippen LogP contribution is 2.36. The molecule has 0 aromatic heterocycles. The van der Waals surface area contributed by atoms with Crippen molar-refractivity contribution in [1.82, 2.24) is 4.90 Å². The second-order valence-electron chi connectivity index (χ2n) is 7.05. The van der Waals surface area contributed by atoms with Crippen molar-refractivity contribution in [2.45, 2.75) is 52.2 Å². The fraction of sp³-hybridized carbons (Fsp3) is 0.588. The van der Waals surface area contributed by atoms with Crippen LogP contribution in [0.4, 0.5) is 0 Å². The fourth-order valence-corrected chi connectivity index (χ4v) is 2.50. The highest BCUT2D eigenvalue weighted by atomic mass is 16.7. The molecule has 0 saturated carbocycles. The maximum Gasteiger partial charge on any atom is 0.495 e. The van der Waals surface area contributed by atoms with Crippen LogP contribution in [-0.4, -0.2) is 43.2 Å². The number of carbonyl (C=O) groups excluding carboxylic acids is 1. The summed E-state index contributed by atoms with van der Waals surface area (Å²) >= 11 is 0. The van der Waals surface area contributed by atoms with E-state index in [4.69, 9.17) is 9.31 Å². The van der Waals surface area contributed by atoms with Crippen LogP contribution in [0.1, 0.15) is 50.5 Å². The Morgan fingerprint density at radius 3 is 2.14 bits per heavy atom. The first-order valence-corrected chi connectivity index (χ1v) is 7.79. The number of carbonyl (C=O) groups is 1. The maximum absolute atomic E-state index is 12.1. The molecule has 0 atom stereocenters. The van der Waals surface area contributed by atoms with Gasteiger partial charge in [0.15, 0.2) is 0 Å². The summed E-state index contributed by atoms with van der Waals surface area (Å²) in [4.78, 5) is 13.7. The summed E-state index contributed by atoms with van der Waals surface area (Å²) in [5.41, 5.74) is 2.08. The van der Waals surface area contributed by atoms with Crippen LogP contribution in [0, 0.1) is 0 Å². The molecule has 0 radical (unpaired) electrons. The van der Waals surface area contributed by atoms with E-state index in [1.807, 2.05) is 45.9 Å². The van der Waals surface area contributed by atoms with Gasteiger partial charge in [0.05, 0.1) is 11.2 Å². The lowest BCUT2D eigenvalue weighted by atomic mass is 9.75. The van der Waals surface area contributed by atoms with Gasteiger partial charge in [-0.1, -0.05) is 13.0 Å². The Morgan fingerprint density at radius 1 is 1.14 bits per heavy atom. The number of aryl methyl sites for hydroxylation is 1. The van der Waals surface area contributed by atoms with E-state index < -0.39 is 0 Å². The molecule has 1 aromatic carbocycles. The number of hydrogen-bond donors (Lipinski definition) is 0. The van der Waals surface area contributed by atoms with E-state index in [0.29, 0.717) is 5.56 Å². The summed E-state index contributed by atoms with van der Waals surface area (Å²) in [6, 6.07) is 5.75. The molecule has 1 saturated heterocycles. The van der Waals surface area contributed by atoms with Crippen LogP contribution in [0.25, 0.3) is 0 Å². The van der Waals surface area contributed by atoms with Crippen molar-refractivity contribution in [1.29, 1.82) is 0 Å². The summed E-state index contributed by atoms with van der Waals surface area (Å²) in [6.45, 7) is 10.3. The molecule has 1 fully saturated rings. The number of amides is 1. The minimum Gasteiger partial charge on any atom is -0.399 e. The zero-order chi connectivity index (χ0) is 16.7. The Balaban J connectivity index is 2.36. The Labute approximate surface area is 133 Å². The monoisotopic (exact) mass is 303 g/mol. The normalized spacial score (nSPS) is 19.3. The fourth-order valence-electron chi connectivity index (χ4n) is 2.50. The Hall–Kier alpha value is -1.33. The van der Waals surface area contributed by atoms with Gasteiger partial charge in [-0.3, -0.25) is 4.79 Å². The van der Waals surface area contributed by atoms with Gasteiger partial charge in [-0.25, -0.2) is 0 Å². The van der Waals surface area contributed by atoms with Crippen LogP contribution >= 0.6 is 0 Å². The van der Waals surface area contributed by atoms with E-state index in [2.05, 4.69) is 6.92 Å². The molecule has 1 aromatic rings. The maximum atomic E-state index is 12.1. The highest BCUT2D eigenvalue weighted by Gasteiger charge is 2.52. The van der Waals surface area contributed by atoms with Crippen molar-refractivity contribution in [2.75, 3.05) is 14.1 Å². The van der Waals surface area contributed by atoms with Gasteiger partial charge in [0, 0.05) is 19.7 Å². The summed E-state index contributed by atoms with van der Waals surface area (Å²) in [6.07, 6.45) is 0.827. The lowest BCUT2D eigenvalue weighted by molar-refractivity contribution is 0.00578. The molecule has 0 N–H and O–H groups in total. The number of benzene rings is 1. The first-order chi connectivity index (χ1) is 10.1. The van der Waals surface area contributed by atoms with E-state index in [1.54, 1.807) is 19.0 Å². The third-order valence-electron chi connectivity index (χ3n) is 4.68. The largest absolute Gasteiger partial charge is 0.495 e. The standard InChI is InChI=1S/C17H26BNO3/c1-8-12-11-13(15(20)19(6)7)9-10-14(12)18-21-16(2,3)17(4,5)22-18/h9-11H,8H2,1-7H3. The van der Waals surface area contributed by atoms with Crippen LogP contribution in [0.15, 0.2) is 18.2 Å². The molecule has 1 aliphatic rings. The average molecular weight is 303 g/mol. The highest BCUT2D eigenvalue weighted by molar-refractivity contribution is 6.62. The first-order valence-electron chi connectivity index (χ1n) is 7.79. The molecule has 22 heavy (non-hydrogen) atoms. The summed E-state index contributed by atoms with van der Waals surface area (Å²) in [7, 11) is 3.13. The van der Waals surface area contributed by atoms with E-state index in [-0.39, 0.29) is 24.2 Å². The van der Waals surface area contributed by atoms with Crippen LogP contribution in [0.2, 0.25) is 0 Å². The minimum atomic E-state index is -0.386. The van der Waals surface area contributed by atoms with Gasteiger partial charge in [0.1, 0.15) is 0 Å². The predicted molar refractivity (Wildman–Crippen MR) is 89.6 cm³/mol. The van der Waals surface area contributed by atoms with E-state index in [0.717, 1.165) is 17.4 Å². The lowest BCUT2D eigenvalue weighted by Crippen LogP contribution is -2.41. The Bertz CT molecular complexity index is 565. The third-order valence-corrected chi connectivity index (χ3v) is 4.68.